The van der Waals surface area contributed by atoms with Crippen molar-refractivity contribution in [3.8, 4) is 5.75 Å². The molecule has 0 saturated carbocycles. The molecule has 0 atom stereocenters. The van der Waals surface area contributed by atoms with Crippen molar-refractivity contribution in [2.45, 2.75) is 26.3 Å². The summed E-state index contributed by atoms with van der Waals surface area (Å²) in [6.45, 7) is 3.17. The number of ether oxygens (including phenoxy) is 1. The first kappa shape index (κ1) is 20.0. The minimum atomic E-state index is -0.111. The van der Waals surface area contributed by atoms with Crippen molar-refractivity contribution >= 4 is 32.6 Å². The average Bonchev–Trinajstić information content (AvgIpc) is 3.22. The third-order valence-electron chi connectivity index (χ3n) is 4.67. The van der Waals surface area contributed by atoms with Gasteiger partial charge in [-0.3, -0.25) is 14.7 Å². The highest BCUT2D eigenvalue weighted by Gasteiger charge is 2.22. The van der Waals surface area contributed by atoms with Gasteiger partial charge in [0.25, 0.3) is 5.91 Å². The summed E-state index contributed by atoms with van der Waals surface area (Å²) in [6, 6.07) is 20.9. The van der Waals surface area contributed by atoms with Crippen LogP contribution in [0, 0.1) is 0 Å². The summed E-state index contributed by atoms with van der Waals surface area (Å²) in [5, 5.41) is 0.662. The molecule has 0 aliphatic carbocycles. The summed E-state index contributed by atoms with van der Waals surface area (Å²) in [5.41, 5.74) is 2.29. The third-order valence-corrected chi connectivity index (χ3v) is 5.73. The molecule has 0 bridgehead atoms. The van der Waals surface area contributed by atoms with Gasteiger partial charge in [-0.15, -0.1) is 0 Å². The monoisotopic (exact) mass is 417 g/mol. The normalized spacial score (nSPS) is 10.8. The maximum atomic E-state index is 13.4. The predicted octanol–water partition coefficient (Wildman–Crippen LogP) is 5.72. The summed E-state index contributed by atoms with van der Waals surface area (Å²) in [7, 11) is 0. The second-order valence-electron chi connectivity index (χ2n) is 6.90. The van der Waals surface area contributed by atoms with Gasteiger partial charge in [0, 0.05) is 11.8 Å². The van der Waals surface area contributed by atoms with Crippen molar-refractivity contribution in [1.82, 2.24) is 9.97 Å². The minimum Gasteiger partial charge on any atom is -0.494 e. The number of carbonyl (C=O) groups excluding carboxylic acids is 1. The van der Waals surface area contributed by atoms with Gasteiger partial charge in [-0.25, -0.2) is 4.98 Å². The molecule has 2 aromatic heterocycles. The number of hydrogen-bond acceptors (Lipinski definition) is 5. The van der Waals surface area contributed by atoms with Gasteiger partial charge in [0.05, 0.1) is 29.1 Å². The largest absolute Gasteiger partial charge is 0.494 e. The second kappa shape index (κ2) is 9.50. The summed E-state index contributed by atoms with van der Waals surface area (Å²) in [6.07, 6.45) is 3.83. The van der Waals surface area contributed by atoms with Crippen molar-refractivity contribution < 1.29 is 9.53 Å². The molecule has 5 nitrogen and oxygen atoms in total. The number of nitrogens with zero attached hydrogens (tertiary/aromatic N) is 3. The van der Waals surface area contributed by atoms with Gasteiger partial charge in [0.1, 0.15) is 5.75 Å². The van der Waals surface area contributed by atoms with E-state index in [0.717, 1.165) is 34.5 Å². The van der Waals surface area contributed by atoms with E-state index in [0.29, 0.717) is 23.8 Å². The van der Waals surface area contributed by atoms with Crippen molar-refractivity contribution in [3.63, 3.8) is 0 Å². The van der Waals surface area contributed by atoms with Crippen LogP contribution in [0.2, 0.25) is 0 Å². The molecule has 0 aliphatic rings. The Labute approximate surface area is 180 Å². The van der Waals surface area contributed by atoms with Gasteiger partial charge >= 0.3 is 0 Å². The van der Waals surface area contributed by atoms with Crippen molar-refractivity contribution in [1.29, 1.82) is 0 Å². The molecule has 0 saturated heterocycles. The van der Waals surface area contributed by atoms with E-state index >= 15 is 0 Å². The molecule has 0 N–H and O–H groups in total. The number of amides is 1. The highest BCUT2D eigenvalue weighted by atomic mass is 32.1. The number of unbranched alkanes of at least 4 members (excludes halogenated alkanes) is 1. The molecule has 1 amide bonds. The Morgan fingerprint density at radius 3 is 2.57 bits per heavy atom. The fraction of sp³-hybridized carbons (Fsp3) is 0.208. The van der Waals surface area contributed by atoms with Crippen molar-refractivity contribution in [3.05, 3.63) is 84.2 Å². The Morgan fingerprint density at radius 1 is 1.03 bits per heavy atom. The minimum absolute atomic E-state index is 0.111. The van der Waals surface area contributed by atoms with Gasteiger partial charge in [0.2, 0.25) is 0 Å². The van der Waals surface area contributed by atoms with Gasteiger partial charge in [-0.2, -0.15) is 0 Å². The number of rotatable bonds is 8. The molecule has 0 spiro atoms. The van der Waals surface area contributed by atoms with Gasteiger partial charge < -0.3 is 4.74 Å². The molecule has 6 heteroatoms. The third kappa shape index (κ3) is 4.66. The van der Waals surface area contributed by atoms with Gasteiger partial charge in [-0.1, -0.05) is 42.9 Å². The fourth-order valence-electron chi connectivity index (χ4n) is 3.04. The van der Waals surface area contributed by atoms with E-state index in [2.05, 4.69) is 11.9 Å². The van der Waals surface area contributed by atoms with Crippen molar-refractivity contribution in [2.75, 3.05) is 11.5 Å². The smallest absolute Gasteiger partial charge is 0.260 e. The first-order valence-electron chi connectivity index (χ1n) is 10.0. The number of fused-ring (bicyclic) bond motifs is 1. The molecule has 0 radical (unpaired) electrons. The first-order chi connectivity index (χ1) is 14.7. The topological polar surface area (TPSA) is 55.3 Å². The van der Waals surface area contributed by atoms with Crippen LogP contribution in [0.1, 0.15) is 35.8 Å². The second-order valence-corrected chi connectivity index (χ2v) is 7.91. The molecular weight excluding hydrogens is 394 g/mol. The summed E-state index contributed by atoms with van der Waals surface area (Å²) >= 11 is 1.51. The number of thiazole rings is 1. The number of aromatic nitrogens is 2. The van der Waals surface area contributed by atoms with E-state index in [9.17, 15) is 4.79 Å². The molecule has 2 aromatic carbocycles. The van der Waals surface area contributed by atoms with Crippen LogP contribution in [-0.4, -0.2) is 22.5 Å². The Bertz CT molecular complexity index is 1080. The van der Waals surface area contributed by atoms with Crippen LogP contribution in [0.5, 0.6) is 5.75 Å². The average molecular weight is 418 g/mol. The van der Waals surface area contributed by atoms with E-state index in [1.54, 1.807) is 11.1 Å². The highest BCUT2D eigenvalue weighted by molar-refractivity contribution is 7.22. The number of carbonyl (C=O) groups is 1. The van der Waals surface area contributed by atoms with Crippen LogP contribution >= 0.6 is 11.3 Å². The lowest BCUT2D eigenvalue weighted by molar-refractivity contribution is 0.0985. The lowest BCUT2D eigenvalue weighted by atomic mass is 10.2. The van der Waals surface area contributed by atoms with Crippen LogP contribution in [0.15, 0.2) is 72.9 Å². The van der Waals surface area contributed by atoms with Crippen LogP contribution < -0.4 is 9.64 Å². The zero-order valence-electron chi connectivity index (χ0n) is 16.8. The number of para-hydroxylation sites is 1. The van der Waals surface area contributed by atoms with E-state index in [4.69, 9.17) is 9.72 Å². The molecule has 4 aromatic rings. The SMILES string of the molecule is CCCCOc1ccc(C(=O)N(Cc2ccccn2)c2nc3ccccc3s2)cc1. The van der Waals surface area contributed by atoms with Crippen LogP contribution in [-0.2, 0) is 6.54 Å². The van der Waals surface area contributed by atoms with E-state index in [-0.39, 0.29) is 5.91 Å². The number of benzene rings is 2. The molecule has 0 unspecified atom stereocenters. The Balaban J connectivity index is 1.62. The zero-order valence-corrected chi connectivity index (χ0v) is 17.6. The predicted molar refractivity (Wildman–Crippen MR) is 121 cm³/mol. The summed E-state index contributed by atoms with van der Waals surface area (Å²) < 4.78 is 6.76. The maximum absolute atomic E-state index is 13.4. The van der Waals surface area contributed by atoms with Gasteiger partial charge in [-0.05, 0) is 55.0 Å². The van der Waals surface area contributed by atoms with E-state index in [1.807, 2.05) is 66.7 Å². The number of hydrogen-bond donors (Lipinski definition) is 0. The Morgan fingerprint density at radius 2 is 1.83 bits per heavy atom. The Hall–Kier alpha value is -3.25. The fourth-order valence-corrected chi connectivity index (χ4v) is 4.00. The molecule has 152 valence electrons. The standard InChI is InChI=1S/C24H23N3O2S/c1-2-3-16-29-20-13-11-18(12-14-20)23(28)27(17-19-8-6-7-15-25-19)24-26-21-9-4-5-10-22(21)30-24/h4-15H,2-3,16-17H2,1H3. The quantitative estimate of drug-likeness (QED) is 0.344. The first-order valence-corrected chi connectivity index (χ1v) is 10.9. The molecule has 0 aliphatic heterocycles. The van der Waals surface area contributed by atoms with Gasteiger partial charge in [0.15, 0.2) is 5.13 Å². The molecule has 2 heterocycles. The maximum Gasteiger partial charge on any atom is 0.260 e. The van der Waals surface area contributed by atoms with Crippen LogP contribution in [0.4, 0.5) is 5.13 Å². The van der Waals surface area contributed by atoms with Crippen LogP contribution in [0.3, 0.4) is 0 Å². The molecule has 30 heavy (non-hydrogen) atoms. The number of pyridine rings is 1. The highest BCUT2D eigenvalue weighted by Crippen LogP contribution is 2.30. The summed E-state index contributed by atoms with van der Waals surface area (Å²) in [4.78, 5) is 24.2. The van der Waals surface area contributed by atoms with E-state index in [1.165, 1.54) is 11.3 Å². The number of anilines is 1. The lowest BCUT2D eigenvalue weighted by Gasteiger charge is -2.19. The zero-order chi connectivity index (χ0) is 20.8. The lowest BCUT2D eigenvalue weighted by Crippen LogP contribution is -2.30. The molecule has 4 rings (SSSR count). The molecule has 0 fully saturated rings. The Kier molecular flexibility index (Phi) is 6.35. The van der Waals surface area contributed by atoms with E-state index < -0.39 is 0 Å². The summed E-state index contributed by atoms with van der Waals surface area (Å²) in [5.74, 6) is 0.663. The van der Waals surface area contributed by atoms with Crippen LogP contribution in [0.25, 0.3) is 10.2 Å². The molecular formula is C24H23N3O2S. The van der Waals surface area contributed by atoms with Crippen molar-refractivity contribution in [2.24, 2.45) is 0 Å².